The van der Waals surface area contributed by atoms with Gasteiger partial charge in [0.05, 0.1) is 6.04 Å². The van der Waals surface area contributed by atoms with Gasteiger partial charge in [0.25, 0.3) is 5.56 Å². The molecule has 0 amide bonds. The SMILES string of the molecule is Cc1ccc(-c2cc3cnc(Nc4ccc(N5CCN(C)CC5)cc4)nc3n(C3CNc4ccccc4C3)c2=O)c(Cl)c1. The van der Waals surface area contributed by atoms with Crippen molar-refractivity contribution in [2.75, 3.05) is 55.3 Å². The molecule has 0 aliphatic carbocycles. The Hall–Kier alpha value is -4.40. The summed E-state index contributed by atoms with van der Waals surface area (Å²) in [6.07, 6.45) is 2.50. The lowest BCUT2D eigenvalue weighted by atomic mass is 9.98. The second kappa shape index (κ2) is 11.4. The van der Waals surface area contributed by atoms with E-state index >= 15 is 0 Å². The number of benzene rings is 3. The van der Waals surface area contributed by atoms with Gasteiger partial charge in [0.1, 0.15) is 5.65 Å². The number of aromatic nitrogens is 3. The average molecular weight is 592 g/mol. The van der Waals surface area contributed by atoms with Gasteiger partial charge in [-0.1, -0.05) is 41.9 Å². The summed E-state index contributed by atoms with van der Waals surface area (Å²) in [7, 11) is 2.16. The van der Waals surface area contributed by atoms with Gasteiger partial charge in [-0.05, 0) is 74.0 Å². The van der Waals surface area contributed by atoms with E-state index in [4.69, 9.17) is 16.6 Å². The molecule has 8 nitrogen and oxygen atoms in total. The maximum Gasteiger partial charge on any atom is 0.260 e. The van der Waals surface area contributed by atoms with Crippen molar-refractivity contribution >= 4 is 45.6 Å². The molecule has 9 heteroatoms. The predicted molar refractivity (Wildman–Crippen MR) is 176 cm³/mol. The fraction of sp³-hybridized carbons (Fsp3) is 0.265. The second-order valence-electron chi connectivity index (χ2n) is 11.5. The van der Waals surface area contributed by atoms with Crippen LogP contribution in [-0.4, -0.2) is 59.2 Å². The van der Waals surface area contributed by atoms with Crippen molar-refractivity contribution in [2.45, 2.75) is 19.4 Å². The van der Waals surface area contributed by atoms with Crippen LogP contribution in [0.25, 0.3) is 22.2 Å². The highest BCUT2D eigenvalue weighted by atomic mass is 35.5. The number of nitrogens with one attached hydrogen (secondary N) is 2. The van der Waals surface area contributed by atoms with Crippen LogP contribution < -0.4 is 21.1 Å². The Morgan fingerprint density at radius 2 is 1.74 bits per heavy atom. The zero-order valence-electron chi connectivity index (χ0n) is 24.3. The van der Waals surface area contributed by atoms with E-state index < -0.39 is 0 Å². The first-order valence-electron chi connectivity index (χ1n) is 14.7. The summed E-state index contributed by atoms with van der Waals surface area (Å²) in [5, 5.41) is 8.21. The molecule has 1 saturated heterocycles. The third kappa shape index (κ3) is 5.44. The summed E-state index contributed by atoms with van der Waals surface area (Å²) in [5.41, 5.74) is 7.14. The lowest BCUT2D eigenvalue weighted by Crippen LogP contribution is -2.44. The Morgan fingerprint density at radius 3 is 2.53 bits per heavy atom. The number of halogens is 1. The Labute approximate surface area is 256 Å². The third-order valence-corrected chi connectivity index (χ3v) is 8.86. The van der Waals surface area contributed by atoms with E-state index in [1.54, 1.807) is 6.20 Å². The van der Waals surface area contributed by atoms with Crippen LogP contribution in [-0.2, 0) is 6.42 Å². The molecule has 0 bridgehead atoms. The number of fused-ring (bicyclic) bond motifs is 2. The zero-order valence-corrected chi connectivity index (χ0v) is 25.1. The molecule has 0 radical (unpaired) electrons. The lowest BCUT2D eigenvalue weighted by molar-refractivity contribution is 0.313. The Balaban J connectivity index is 1.27. The average Bonchev–Trinajstić information content (AvgIpc) is 3.02. The van der Waals surface area contributed by atoms with Gasteiger partial charge in [-0.2, -0.15) is 4.98 Å². The first-order chi connectivity index (χ1) is 20.9. The fourth-order valence-corrected chi connectivity index (χ4v) is 6.44. The number of nitrogens with zero attached hydrogens (tertiary/aromatic N) is 5. The van der Waals surface area contributed by atoms with Crippen LogP contribution >= 0.6 is 11.6 Å². The monoisotopic (exact) mass is 591 g/mol. The molecule has 0 saturated carbocycles. The van der Waals surface area contributed by atoms with Crippen molar-refractivity contribution in [3.05, 3.63) is 105 Å². The van der Waals surface area contributed by atoms with Crippen LogP contribution in [0.3, 0.4) is 0 Å². The molecule has 218 valence electrons. The summed E-state index contributed by atoms with van der Waals surface area (Å²) in [5.74, 6) is 0.443. The molecule has 2 N–H and O–H groups in total. The molecular formula is C34H34ClN7O. The number of pyridine rings is 1. The number of aryl methyl sites for hydroxylation is 1. The molecule has 0 spiro atoms. The van der Waals surface area contributed by atoms with E-state index in [2.05, 4.69) is 68.9 Å². The predicted octanol–water partition coefficient (Wildman–Crippen LogP) is 6.13. The summed E-state index contributed by atoms with van der Waals surface area (Å²) < 4.78 is 1.83. The van der Waals surface area contributed by atoms with Gasteiger partial charge < -0.3 is 20.4 Å². The molecule has 1 unspecified atom stereocenters. The number of anilines is 4. The van der Waals surface area contributed by atoms with Crippen molar-refractivity contribution in [3.8, 4) is 11.1 Å². The highest BCUT2D eigenvalue weighted by molar-refractivity contribution is 6.33. The fourth-order valence-electron chi connectivity index (χ4n) is 6.11. The van der Waals surface area contributed by atoms with Crippen LogP contribution in [0, 0.1) is 6.92 Å². The van der Waals surface area contributed by atoms with Crippen LogP contribution in [0.1, 0.15) is 17.2 Å². The first-order valence-corrected chi connectivity index (χ1v) is 15.1. The third-order valence-electron chi connectivity index (χ3n) is 8.55. The van der Waals surface area contributed by atoms with Crippen molar-refractivity contribution < 1.29 is 0 Å². The minimum absolute atomic E-state index is 0.120. The maximum absolute atomic E-state index is 14.3. The molecule has 1 fully saturated rings. The molecule has 3 aromatic carbocycles. The van der Waals surface area contributed by atoms with Crippen molar-refractivity contribution in [1.82, 2.24) is 19.4 Å². The Morgan fingerprint density at radius 1 is 0.953 bits per heavy atom. The quantitative estimate of drug-likeness (QED) is 0.255. The van der Waals surface area contributed by atoms with Crippen molar-refractivity contribution in [2.24, 2.45) is 0 Å². The van der Waals surface area contributed by atoms with Crippen molar-refractivity contribution in [3.63, 3.8) is 0 Å². The Bertz CT molecular complexity index is 1860. The van der Waals surface area contributed by atoms with Crippen LogP contribution in [0.15, 0.2) is 83.8 Å². The van der Waals surface area contributed by atoms with E-state index in [-0.39, 0.29) is 11.6 Å². The topological polar surface area (TPSA) is 78.3 Å². The molecule has 5 aromatic rings. The number of rotatable bonds is 5. The number of hydrogen-bond acceptors (Lipinski definition) is 7. The maximum atomic E-state index is 14.3. The van der Waals surface area contributed by atoms with E-state index in [0.717, 1.165) is 48.5 Å². The largest absolute Gasteiger partial charge is 0.383 e. The second-order valence-corrected chi connectivity index (χ2v) is 12.0. The lowest BCUT2D eigenvalue weighted by Gasteiger charge is -2.34. The smallest absolute Gasteiger partial charge is 0.260 e. The van der Waals surface area contributed by atoms with Gasteiger partial charge >= 0.3 is 0 Å². The highest BCUT2D eigenvalue weighted by Gasteiger charge is 2.25. The number of hydrogen-bond donors (Lipinski definition) is 2. The van der Waals surface area contributed by atoms with E-state index in [1.807, 2.05) is 47.9 Å². The molecular weight excluding hydrogens is 558 g/mol. The molecule has 7 rings (SSSR count). The van der Waals surface area contributed by atoms with Crippen LogP contribution in [0.4, 0.5) is 23.0 Å². The molecule has 43 heavy (non-hydrogen) atoms. The summed E-state index contributed by atoms with van der Waals surface area (Å²) in [4.78, 5) is 28.6. The molecule has 4 heterocycles. The summed E-state index contributed by atoms with van der Waals surface area (Å²) >= 11 is 6.67. The normalized spacial score (nSPS) is 17.0. The van der Waals surface area contributed by atoms with Crippen LogP contribution in [0.5, 0.6) is 0 Å². The first kappa shape index (κ1) is 27.4. The number of piperazine rings is 1. The zero-order chi connectivity index (χ0) is 29.5. The van der Waals surface area contributed by atoms with E-state index in [9.17, 15) is 4.79 Å². The van der Waals surface area contributed by atoms with Gasteiger partial charge in [0.2, 0.25) is 5.95 Å². The van der Waals surface area contributed by atoms with Gasteiger partial charge in [-0.3, -0.25) is 9.36 Å². The minimum atomic E-state index is -0.139. The molecule has 2 aromatic heterocycles. The summed E-state index contributed by atoms with van der Waals surface area (Å²) in [6.45, 7) is 6.76. The molecule has 2 aliphatic rings. The van der Waals surface area contributed by atoms with Gasteiger partial charge in [-0.25, -0.2) is 4.98 Å². The van der Waals surface area contributed by atoms with Crippen LogP contribution in [0.2, 0.25) is 5.02 Å². The van der Waals surface area contributed by atoms with E-state index in [1.165, 1.54) is 11.3 Å². The number of para-hydroxylation sites is 1. The standard InChI is InChI=1S/C34H34ClN7O/c1-22-7-12-28(30(35)17-22)29-19-24-20-37-34(38-25-8-10-26(11-9-25)41-15-13-40(2)14-16-41)39-32(24)42(33(29)43)27-18-23-5-3-4-6-31(23)36-21-27/h3-12,17,19-20,27,36H,13-16,18,21H2,1-2H3,(H,37,38,39). The van der Waals surface area contributed by atoms with E-state index in [0.29, 0.717) is 40.7 Å². The number of likely N-dealkylation sites (N-methyl/N-ethyl adjacent to an activating group) is 1. The van der Waals surface area contributed by atoms with Gasteiger partial charge in [-0.15, -0.1) is 0 Å². The highest BCUT2D eigenvalue weighted by Crippen LogP contribution is 2.32. The Kier molecular flexibility index (Phi) is 7.24. The molecule has 2 aliphatic heterocycles. The van der Waals surface area contributed by atoms with Gasteiger partial charge in [0.15, 0.2) is 0 Å². The minimum Gasteiger partial charge on any atom is -0.383 e. The summed E-state index contributed by atoms with van der Waals surface area (Å²) in [6, 6.07) is 24.1. The van der Waals surface area contributed by atoms with Gasteiger partial charge in [0, 0.05) is 77.5 Å². The molecule has 1 atom stereocenters. The van der Waals surface area contributed by atoms with Crippen molar-refractivity contribution in [1.29, 1.82) is 0 Å².